The summed E-state index contributed by atoms with van der Waals surface area (Å²) in [4.78, 5) is 0. The van der Waals surface area contributed by atoms with E-state index in [9.17, 15) is 0 Å². The Morgan fingerprint density at radius 2 is 1.86 bits per heavy atom. The quantitative estimate of drug-likeness (QED) is 0.424. The number of rotatable bonds is 0. The maximum Gasteiger partial charge on any atom is 0.0111 e. The highest BCUT2D eigenvalue weighted by molar-refractivity contribution is 7.39. The summed E-state index contributed by atoms with van der Waals surface area (Å²) in [6, 6.07) is 0. The van der Waals surface area contributed by atoms with Gasteiger partial charge in [0.25, 0.3) is 0 Å². The standard InChI is InChI=1S/C6H11P/c1-5-7-6(2,3)4/h1H2,2-4H3. The third-order valence-corrected chi connectivity index (χ3v) is 1.24. The SMILES string of the molecule is C=C=PC(C)(C)C. The van der Waals surface area contributed by atoms with Crippen LogP contribution in [0.15, 0.2) is 6.58 Å². The first-order valence-electron chi connectivity index (χ1n) is 2.30. The fourth-order valence-corrected chi connectivity index (χ4v) is 0.712. The molecule has 1 heteroatoms. The third kappa shape index (κ3) is 5.95. The minimum atomic E-state index is 0.349. The van der Waals surface area contributed by atoms with Crippen molar-refractivity contribution in [1.29, 1.82) is 0 Å². The van der Waals surface area contributed by atoms with Gasteiger partial charge in [-0.25, -0.2) is 0 Å². The Hall–Kier alpha value is -0.0500. The molecule has 0 aromatic heterocycles. The molecule has 0 unspecified atom stereocenters. The van der Waals surface area contributed by atoms with E-state index in [1.165, 1.54) is 8.20 Å². The largest absolute Gasteiger partial charge is 0.101 e. The molecule has 0 N–H and O–H groups in total. The summed E-state index contributed by atoms with van der Waals surface area (Å²) in [5.74, 6) is 0. The molecule has 0 bridgehead atoms. The molecule has 0 saturated carbocycles. The molecule has 0 aromatic carbocycles. The van der Waals surface area contributed by atoms with Crippen molar-refractivity contribution in [2.45, 2.75) is 25.9 Å². The highest BCUT2D eigenvalue weighted by Crippen LogP contribution is 2.18. The van der Waals surface area contributed by atoms with Crippen LogP contribution in [-0.2, 0) is 0 Å². The van der Waals surface area contributed by atoms with E-state index in [1.54, 1.807) is 0 Å². The molecule has 0 amide bonds. The first-order chi connectivity index (χ1) is 3.06. The van der Waals surface area contributed by atoms with Gasteiger partial charge in [-0.05, 0) is 8.20 Å². The molecule has 40 valence electrons. The van der Waals surface area contributed by atoms with E-state index < -0.39 is 0 Å². The third-order valence-electron chi connectivity index (χ3n) is 0.414. The van der Waals surface area contributed by atoms with E-state index in [0.717, 1.165) is 0 Å². The molecule has 0 aromatic rings. The topological polar surface area (TPSA) is 0 Å². The molecular formula is C6H11P. The highest BCUT2D eigenvalue weighted by Gasteiger charge is 2.02. The predicted octanol–water partition coefficient (Wildman–Crippen LogP) is 2.32. The van der Waals surface area contributed by atoms with E-state index >= 15 is 0 Å². The summed E-state index contributed by atoms with van der Waals surface area (Å²) in [5, 5.41) is 0.349. The Morgan fingerprint density at radius 3 is 1.86 bits per heavy atom. The molecular weight excluding hydrogens is 103 g/mol. The van der Waals surface area contributed by atoms with E-state index in [2.05, 4.69) is 32.8 Å². The van der Waals surface area contributed by atoms with Crippen LogP contribution in [0, 0.1) is 0 Å². The molecule has 0 atom stereocenters. The molecule has 0 saturated heterocycles. The fourth-order valence-electron chi connectivity index (χ4n) is 0.237. The maximum atomic E-state index is 3.51. The van der Waals surface area contributed by atoms with Crippen LogP contribution < -0.4 is 0 Å². The minimum Gasteiger partial charge on any atom is -0.101 e. The van der Waals surface area contributed by atoms with Crippen molar-refractivity contribution < 1.29 is 0 Å². The van der Waals surface area contributed by atoms with Gasteiger partial charge in [0.05, 0.1) is 0 Å². The van der Waals surface area contributed by atoms with Gasteiger partial charge >= 0.3 is 0 Å². The Morgan fingerprint density at radius 1 is 1.43 bits per heavy atom. The van der Waals surface area contributed by atoms with Crippen molar-refractivity contribution in [3.05, 3.63) is 6.58 Å². The summed E-state index contributed by atoms with van der Waals surface area (Å²) in [6.07, 6.45) is 0. The van der Waals surface area contributed by atoms with Gasteiger partial charge in [0, 0.05) is 5.16 Å². The van der Waals surface area contributed by atoms with Crippen molar-refractivity contribution in [3.63, 3.8) is 0 Å². The molecule has 0 rings (SSSR count). The Labute approximate surface area is 47.0 Å². The zero-order valence-electron chi connectivity index (χ0n) is 5.15. The second-order valence-electron chi connectivity index (χ2n) is 2.44. The number of hydrogen-bond donors (Lipinski definition) is 0. The van der Waals surface area contributed by atoms with Crippen molar-refractivity contribution in [2.24, 2.45) is 0 Å². The monoisotopic (exact) mass is 114 g/mol. The molecule has 0 radical (unpaired) electrons. The molecule has 0 spiro atoms. The molecule has 0 aliphatic carbocycles. The van der Waals surface area contributed by atoms with Gasteiger partial charge in [-0.1, -0.05) is 27.4 Å². The van der Waals surface area contributed by atoms with Crippen molar-refractivity contribution in [3.8, 4) is 0 Å². The Balaban J connectivity index is 3.80. The van der Waals surface area contributed by atoms with Crippen LogP contribution in [0.5, 0.6) is 0 Å². The van der Waals surface area contributed by atoms with Crippen molar-refractivity contribution >= 4 is 13.7 Å². The molecule has 0 aliphatic heterocycles. The van der Waals surface area contributed by atoms with Crippen LogP contribution in [0.1, 0.15) is 20.8 Å². The molecule has 7 heavy (non-hydrogen) atoms. The van der Waals surface area contributed by atoms with Crippen LogP contribution in [-0.4, -0.2) is 10.6 Å². The summed E-state index contributed by atoms with van der Waals surface area (Å²) in [7, 11) is 1.20. The Kier molecular flexibility index (Phi) is 2.29. The van der Waals surface area contributed by atoms with Crippen LogP contribution >= 0.6 is 8.20 Å². The molecule has 0 aliphatic rings. The van der Waals surface area contributed by atoms with E-state index in [4.69, 9.17) is 0 Å². The summed E-state index contributed by atoms with van der Waals surface area (Å²) in [6.45, 7) is 9.99. The van der Waals surface area contributed by atoms with Gasteiger partial charge in [0.2, 0.25) is 0 Å². The average Bonchev–Trinajstić information content (AvgIpc) is 1.30. The Bertz CT molecular complexity index is 91.2. The minimum absolute atomic E-state index is 0.349. The molecule has 0 heterocycles. The van der Waals surface area contributed by atoms with Crippen molar-refractivity contribution in [2.75, 3.05) is 0 Å². The van der Waals surface area contributed by atoms with Gasteiger partial charge in [-0.3, -0.25) is 0 Å². The normalized spacial score (nSPS) is 11.3. The highest BCUT2D eigenvalue weighted by atomic mass is 31.1. The van der Waals surface area contributed by atoms with Crippen LogP contribution in [0.3, 0.4) is 0 Å². The fraction of sp³-hybridized carbons (Fsp3) is 0.667. The molecule has 0 fully saturated rings. The van der Waals surface area contributed by atoms with Gasteiger partial charge in [-0.2, -0.15) is 0 Å². The summed E-state index contributed by atoms with van der Waals surface area (Å²) in [5.41, 5.74) is 2.83. The second kappa shape index (κ2) is 2.31. The van der Waals surface area contributed by atoms with Gasteiger partial charge < -0.3 is 0 Å². The van der Waals surface area contributed by atoms with E-state index in [0.29, 0.717) is 5.16 Å². The predicted molar refractivity (Wildman–Crippen MR) is 37.3 cm³/mol. The smallest absolute Gasteiger partial charge is 0.0111 e. The maximum absolute atomic E-state index is 3.51. The van der Waals surface area contributed by atoms with E-state index in [1.807, 2.05) is 0 Å². The second-order valence-corrected chi connectivity index (χ2v) is 4.32. The summed E-state index contributed by atoms with van der Waals surface area (Å²) >= 11 is 0. The summed E-state index contributed by atoms with van der Waals surface area (Å²) < 4.78 is 0. The average molecular weight is 114 g/mol. The first kappa shape index (κ1) is 6.95. The van der Waals surface area contributed by atoms with Crippen LogP contribution in [0.4, 0.5) is 0 Å². The van der Waals surface area contributed by atoms with Crippen LogP contribution in [0.2, 0.25) is 0 Å². The van der Waals surface area contributed by atoms with Gasteiger partial charge in [0.15, 0.2) is 0 Å². The zero-order chi connectivity index (χ0) is 5.91. The van der Waals surface area contributed by atoms with Crippen molar-refractivity contribution in [1.82, 2.24) is 0 Å². The lowest BCUT2D eigenvalue weighted by Gasteiger charge is -2.06. The lowest BCUT2D eigenvalue weighted by atomic mass is 10.3. The van der Waals surface area contributed by atoms with Gasteiger partial charge in [-0.15, -0.1) is 5.45 Å². The van der Waals surface area contributed by atoms with E-state index in [-0.39, 0.29) is 0 Å². The first-order valence-corrected chi connectivity index (χ1v) is 3.20. The number of hydrogen-bond acceptors (Lipinski definition) is 0. The zero-order valence-corrected chi connectivity index (χ0v) is 6.05. The van der Waals surface area contributed by atoms with Gasteiger partial charge in [0.1, 0.15) is 0 Å². The van der Waals surface area contributed by atoms with Crippen LogP contribution in [0.25, 0.3) is 0 Å². The molecule has 0 nitrogen and oxygen atoms in total. The lowest BCUT2D eigenvalue weighted by Crippen LogP contribution is -2.00. The lowest BCUT2D eigenvalue weighted by molar-refractivity contribution is 0.803.